The molecule has 0 spiro atoms. The van der Waals surface area contributed by atoms with E-state index in [9.17, 15) is 4.79 Å². The number of hydrogen-bond acceptors (Lipinski definition) is 3. The first-order valence-electron chi connectivity index (χ1n) is 9.71. The zero-order valence-corrected chi connectivity index (χ0v) is 16.7. The number of carbonyl (C=O) groups is 1. The summed E-state index contributed by atoms with van der Waals surface area (Å²) >= 11 is 0. The van der Waals surface area contributed by atoms with Crippen LogP contribution in [0.25, 0.3) is 0 Å². The summed E-state index contributed by atoms with van der Waals surface area (Å²) in [6, 6.07) is 19.0. The van der Waals surface area contributed by atoms with Gasteiger partial charge >= 0.3 is 0 Å². The molecule has 2 N–H and O–H groups in total. The molecule has 0 aliphatic heterocycles. The molecule has 2 aromatic carbocycles. The standard InChI is InChI=1S/C22H30N4O2/c1-3-23-22(26(2)17-18-28-20-13-8-5-9-14-20)25-16-10-15-24-21(27)19-11-6-4-7-12-19/h4-9,11-14H,3,10,15-18H2,1-2H3,(H,23,25)(H,24,27). The van der Waals surface area contributed by atoms with Gasteiger partial charge in [0.1, 0.15) is 12.4 Å². The van der Waals surface area contributed by atoms with Gasteiger partial charge in [0.15, 0.2) is 5.96 Å². The molecular formula is C22H30N4O2. The Labute approximate surface area is 167 Å². The first kappa shape index (κ1) is 21.3. The number of likely N-dealkylation sites (N-methyl/N-ethyl adjacent to an activating group) is 1. The monoisotopic (exact) mass is 382 g/mol. The highest BCUT2D eigenvalue weighted by Gasteiger charge is 2.06. The normalized spacial score (nSPS) is 11.0. The predicted molar refractivity (Wildman–Crippen MR) is 114 cm³/mol. The number of guanidine groups is 1. The van der Waals surface area contributed by atoms with Gasteiger partial charge in [0, 0.05) is 32.2 Å². The minimum absolute atomic E-state index is 0.0494. The largest absolute Gasteiger partial charge is 0.492 e. The lowest BCUT2D eigenvalue weighted by Gasteiger charge is -2.22. The highest BCUT2D eigenvalue weighted by Crippen LogP contribution is 2.07. The van der Waals surface area contributed by atoms with Crippen LogP contribution < -0.4 is 15.4 Å². The van der Waals surface area contributed by atoms with E-state index in [-0.39, 0.29) is 5.91 Å². The fraction of sp³-hybridized carbons (Fsp3) is 0.364. The Hall–Kier alpha value is -3.02. The maximum Gasteiger partial charge on any atom is 0.251 e. The number of ether oxygens (including phenoxy) is 1. The number of rotatable bonds is 10. The van der Waals surface area contributed by atoms with Crippen LogP contribution in [0, 0.1) is 0 Å². The van der Waals surface area contributed by atoms with E-state index < -0.39 is 0 Å². The van der Waals surface area contributed by atoms with Gasteiger partial charge in [0.25, 0.3) is 5.91 Å². The van der Waals surface area contributed by atoms with Gasteiger partial charge in [-0.2, -0.15) is 0 Å². The summed E-state index contributed by atoms with van der Waals surface area (Å²) in [5, 5.41) is 6.21. The predicted octanol–water partition coefficient (Wildman–Crippen LogP) is 2.78. The van der Waals surface area contributed by atoms with E-state index in [0.29, 0.717) is 25.3 Å². The molecule has 0 aliphatic carbocycles. The lowest BCUT2D eigenvalue weighted by atomic mass is 10.2. The molecule has 0 bridgehead atoms. The Bertz CT molecular complexity index is 720. The number of carbonyl (C=O) groups excluding carboxylic acids is 1. The molecule has 1 amide bonds. The van der Waals surface area contributed by atoms with Crippen molar-refractivity contribution in [3.8, 4) is 5.75 Å². The van der Waals surface area contributed by atoms with Crippen molar-refractivity contribution in [3.63, 3.8) is 0 Å². The Kier molecular flexibility index (Phi) is 9.41. The van der Waals surface area contributed by atoms with Gasteiger partial charge in [-0.1, -0.05) is 36.4 Å². The minimum atomic E-state index is -0.0494. The van der Waals surface area contributed by atoms with E-state index in [2.05, 4.69) is 20.5 Å². The van der Waals surface area contributed by atoms with E-state index in [4.69, 9.17) is 4.74 Å². The van der Waals surface area contributed by atoms with Crippen LogP contribution in [0.1, 0.15) is 23.7 Å². The van der Waals surface area contributed by atoms with E-state index in [1.165, 1.54) is 0 Å². The number of nitrogens with zero attached hydrogens (tertiary/aromatic N) is 2. The van der Waals surface area contributed by atoms with Gasteiger partial charge in [0.2, 0.25) is 0 Å². The summed E-state index contributed by atoms with van der Waals surface area (Å²) in [4.78, 5) is 18.7. The summed E-state index contributed by atoms with van der Waals surface area (Å²) in [7, 11) is 1.99. The molecule has 2 rings (SSSR count). The minimum Gasteiger partial charge on any atom is -0.492 e. The van der Waals surface area contributed by atoms with Gasteiger partial charge in [-0.05, 0) is 37.6 Å². The highest BCUT2D eigenvalue weighted by atomic mass is 16.5. The first-order valence-corrected chi connectivity index (χ1v) is 9.71. The molecule has 0 heterocycles. The molecule has 2 aromatic rings. The topological polar surface area (TPSA) is 66.0 Å². The smallest absolute Gasteiger partial charge is 0.251 e. The van der Waals surface area contributed by atoms with Crippen LogP contribution in [-0.2, 0) is 0 Å². The lowest BCUT2D eigenvalue weighted by molar-refractivity contribution is 0.0953. The summed E-state index contributed by atoms with van der Waals surface area (Å²) in [5.41, 5.74) is 0.678. The maximum absolute atomic E-state index is 12.0. The molecule has 6 heteroatoms. The van der Waals surface area contributed by atoms with Crippen LogP contribution in [0.2, 0.25) is 0 Å². The fourth-order valence-corrected chi connectivity index (χ4v) is 2.55. The Morgan fingerprint density at radius 3 is 2.39 bits per heavy atom. The molecule has 0 radical (unpaired) electrons. The SMILES string of the molecule is CCNC(=NCCCNC(=O)c1ccccc1)N(C)CCOc1ccccc1. The zero-order valence-electron chi connectivity index (χ0n) is 16.7. The molecule has 0 saturated carbocycles. The number of amides is 1. The average Bonchev–Trinajstić information content (AvgIpc) is 2.74. The van der Waals surface area contributed by atoms with E-state index >= 15 is 0 Å². The number of nitrogens with one attached hydrogen (secondary N) is 2. The van der Waals surface area contributed by atoms with Crippen LogP contribution in [0.3, 0.4) is 0 Å². The van der Waals surface area contributed by atoms with Crippen LogP contribution in [0.5, 0.6) is 5.75 Å². The second-order valence-corrected chi connectivity index (χ2v) is 6.29. The Morgan fingerprint density at radius 2 is 1.71 bits per heavy atom. The van der Waals surface area contributed by atoms with Crippen LogP contribution in [-0.4, -0.2) is 56.6 Å². The van der Waals surface area contributed by atoms with Crippen molar-refractivity contribution in [2.24, 2.45) is 4.99 Å². The number of hydrogen-bond donors (Lipinski definition) is 2. The molecule has 28 heavy (non-hydrogen) atoms. The lowest BCUT2D eigenvalue weighted by Crippen LogP contribution is -2.41. The van der Waals surface area contributed by atoms with Crippen LogP contribution in [0.15, 0.2) is 65.7 Å². The van der Waals surface area contributed by atoms with E-state index in [1.54, 1.807) is 0 Å². The Balaban J connectivity index is 1.70. The van der Waals surface area contributed by atoms with E-state index in [1.807, 2.05) is 74.6 Å². The van der Waals surface area contributed by atoms with Gasteiger partial charge in [-0.3, -0.25) is 9.79 Å². The van der Waals surface area contributed by atoms with Crippen LogP contribution >= 0.6 is 0 Å². The number of para-hydroxylation sites is 1. The second kappa shape index (κ2) is 12.4. The van der Waals surface area contributed by atoms with Crippen molar-refractivity contribution < 1.29 is 9.53 Å². The van der Waals surface area contributed by atoms with E-state index in [0.717, 1.165) is 31.2 Å². The first-order chi connectivity index (χ1) is 13.7. The molecule has 150 valence electrons. The quantitative estimate of drug-likeness (QED) is 0.377. The average molecular weight is 383 g/mol. The molecule has 0 aliphatic rings. The van der Waals surface area contributed by atoms with Crippen molar-refractivity contribution in [3.05, 3.63) is 66.2 Å². The number of benzene rings is 2. The molecule has 0 saturated heterocycles. The summed E-state index contributed by atoms with van der Waals surface area (Å²) in [5.74, 6) is 1.66. The number of aliphatic imine (C=N–C) groups is 1. The van der Waals surface area contributed by atoms with Crippen LogP contribution in [0.4, 0.5) is 0 Å². The summed E-state index contributed by atoms with van der Waals surface area (Å²) in [6.07, 6.45) is 0.780. The fourth-order valence-electron chi connectivity index (χ4n) is 2.55. The molecule has 0 atom stereocenters. The van der Waals surface area contributed by atoms with Gasteiger partial charge < -0.3 is 20.3 Å². The molecule has 6 nitrogen and oxygen atoms in total. The summed E-state index contributed by atoms with van der Waals surface area (Å²) < 4.78 is 5.74. The maximum atomic E-state index is 12.0. The van der Waals surface area contributed by atoms with Gasteiger partial charge in [-0.25, -0.2) is 0 Å². The molecular weight excluding hydrogens is 352 g/mol. The van der Waals surface area contributed by atoms with Crippen molar-refractivity contribution >= 4 is 11.9 Å². The summed E-state index contributed by atoms with van der Waals surface area (Å²) in [6.45, 7) is 5.39. The van der Waals surface area contributed by atoms with Crippen molar-refractivity contribution in [1.82, 2.24) is 15.5 Å². The van der Waals surface area contributed by atoms with Crippen molar-refractivity contribution in [2.75, 3.05) is 39.8 Å². The Morgan fingerprint density at radius 1 is 1.04 bits per heavy atom. The third-order valence-corrected chi connectivity index (χ3v) is 4.05. The molecule has 0 aromatic heterocycles. The zero-order chi connectivity index (χ0) is 20.0. The third-order valence-electron chi connectivity index (χ3n) is 4.05. The van der Waals surface area contributed by atoms with Crippen molar-refractivity contribution in [1.29, 1.82) is 0 Å². The van der Waals surface area contributed by atoms with Gasteiger partial charge in [0.05, 0.1) is 6.54 Å². The van der Waals surface area contributed by atoms with Crippen molar-refractivity contribution in [2.45, 2.75) is 13.3 Å². The second-order valence-electron chi connectivity index (χ2n) is 6.29. The van der Waals surface area contributed by atoms with Gasteiger partial charge in [-0.15, -0.1) is 0 Å². The highest BCUT2D eigenvalue weighted by molar-refractivity contribution is 5.94. The molecule has 0 unspecified atom stereocenters. The molecule has 0 fully saturated rings. The third kappa shape index (κ3) is 7.70.